The molecule has 2 aromatic rings. The van der Waals surface area contributed by atoms with Gasteiger partial charge in [0.2, 0.25) is 0 Å². The lowest BCUT2D eigenvalue weighted by molar-refractivity contribution is -0.136. The Balaban J connectivity index is 2.49. The van der Waals surface area contributed by atoms with Crippen molar-refractivity contribution >= 4 is 17.6 Å². The third-order valence-corrected chi connectivity index (χ3v) is 3.19. The number of aliphatic carboxylic acids is 1. The highest BCUT2D eigenvalue weighted by molar-refractivity contribution is 6.32. The number of nitrogens with zero attached hydrogens (tertiary/aromatic N) is 1. The van der Waals surface area contributed by atoms with E-state index in [0.29, 0.717) is 5.02 Å². The topological polar surface area (TPSA) is 66.0 Å². The summed E-state index contributed by atoms with van der Waals surface area (Å²) in [5, 5.41) is 16.1. The van der Waals surface area contributed by atoms with E-state index in [1.807, 2.05) is 26.0 Å². The standard InChI is InChI=1S/C13H13ClN2O2/c1-7-3-9(13-11(14)6-15-16-13)4-8(2)10(7)5-12(17)18/h3-4,6H,5H2,1-2H3,(H,15,16)(H,17,18). The van der Waals surface area contributed by atoms with Gasteiger partial charge in [-0.1, -0.05) is 11.6 Å². The Morgan fingerprint density at radius 3 is 2.44 bits per heavy atom. The van der Waals surface area contributed by atoms with E-state index >= 15 is 0 Å². The fourth-order valence-corrected chi connectivity index (χ4v) is 2.24. The van der Waals surface area contributed by atoms with Crippen LogP contribution in [-0.4, -0.2) is 21.3 Å². The summed E-state index contributed by atoms with van der Waals surface area (Å²) in [7, 11) is 0. The molecule has 1 aromatic carbocycles. The molecule has 0 fully saturated rings. The highest BCUT2D eigenvalue weighted by Crippen LogP contribution is 2.28. The van der Waals surface area contributed by atoms with Crippen LogP contribution in [0.1, 0.15) is 16.7 Å². The SMILES string of the molecule is Cc1cc(-c2[nH]ncc2Cl)cc(C)c1CC(=O)O. The Hall–Kier alpha value is -1.81. The average Bonchev–Trinajstić information content (AvgIpc) is 2.69. The number of aromatic amines is 1. The van der Waals surface area contributed by atoms with E-state index in [2.05, 4.69) is 10.2 Å². The van der Waals surface area contributed by atoms with E-state index in [9.17, 15) is 4.79 Å². The van der Waals surface area contributed by atoms with Gasteiger partial charge in [0.15, 0.2) is 0 Å². The molecule has 0 atom stereocenters. The molecule has 4 nitrogen and oxygen atoms in total. The molecule has 0 aliphatic rings. The van der Waals surface area contributed by atoms with Gasteiger partial charge in [0.1, 0.15) is 0 Å². The van der Waals surface area contributed by atoms with Crippen LogP contribution in [0.15, 0.2) is 18.3 Å². The quantitative estimate of drug-likeness (QED) is 0.896. The third-order valence-electron chi connectivity index (χ3n) is 2.91. The molecule has 0 aliphatic carbocycles. The van der Waals surface area contributed by atoms with Gasteiger partial charge in [-0.05, 0) is 42.7 Å². The molecule has 1 aromatic heterocycles. The molecule has 1 heterocycles. The van der Waals surface area contributed by atoms with Crippen LogP contribution in [0.4, 0.5) is 0 Å². The molecule has 0 radical (unpaired) electrons. The van der Waals surface area contributed by atoms with Gasteiger partial charge in [-0.2, -0.15) is 5.10 Å². The summed E-state index contributed by atoms with van der Waals surface area (Å²) < 4.78 is 0. The highest BCUT2D eigenvalue weighted by atomic mass is 35.5. The molecule has 0 spiro atoms. The van der Waals surface area contributed by atoms with E-state index in [1.54, 1.807) is 6.20 Å². The molecule has 0 aliphatic heterocycles. The van der Waals surface area contributed by atoms with Crippen LogP contribution in [0.5, 0.6) is 0 Å². The summed E-state index contributed by atoms with van der Waals surface area (Å²) in [6.45, 7) is 3.80. The first-order valence-electron chi connectivity index (χ1n) is 5.50. The molecule has 5 heteroatoms. The number of hydrogen-bond donors (Lipinski definition) is 2. The van der Waals surface area contributed by atoms with Crippen LogP contribution in [0.2, 0.25) is 5.02 Å². The van der Waals surface area contributed by atoms with E-state index in [0.717, 1.165) is 27.9 Å². The second-order valence-corrected chi connectivity index (χ2v) is 4.66. The number of rotatable bonds is 3. The number of aromatic nitrogens is 2. The molecule has 94 valence electrons. The number of carboxylic acid groups (broad SMARTS) is 1. The fraction of sp³-hybridized carbons (Fsp3) is 0.231. The Morgan fingerprint density at radius 2 is 2.00 bits per heavy atom. The maximum Gasteiger partial charge on any atom is 0.307 e. The number of carbonyl (C=O) groups is 1. The molecule has 0 saturated carbocycles. The molecule has 18 heavy (non-hydrogen) atoms. The van der Waals surface area contributed by atoms with Crippen LogP contribution in [0.3, 0.4) is 0 Å². The van der Waals surface area contributed by atoms with Crippen LogP contribution >= 0.6 is 11.6 Å². The fourth-order valence-electron chi connectivity index (χ4n) is 2.04. The van der Waals surface area contributed by atoms with E-state index in [4.69, 9.17) is 16.7 Å². The van der Waals surface area contributed by atoms with Gasteiger partial charge < -0.3 is 5.11 Å². The molecule has 0 amide bonds. The lowest BCUT2D eigenvalue weighted by atomic mass is 9.96. The van der Waals surface area contributed by atoms with Gasteiger partial charge in [0, 0.05) is 5.56 Å². The second kappa shape index (κ2) is 4.82. The molecular weight excluding hydrogens is 252 g/mol. The number of H-pyrrole nitrogens is 1. The van der Waals surface area contributed by atoms with Crippen LogP contribution in [0.25, 0.3) is 11.3 Å². The van der Waals surface area contributed by atoms with Crippen molar-refractivity contribution in [3.63, 3.8) is 0 Å². The Labute approximate surface area is 110 Å². The van der Waals surface area contributed by atoms with Crippen LogP contribution in [0, 0.1) is 13.8 Å². The number of nitrogens with one attached hydrogen (secondary N) is 1. The lowest BCUT2D eigenvalue weighted by Crippen LogP contribution is -2.04. The zero-order valence-electron chi connectivity index (χ0n) is 10.1. The first-order chi connectivity index (χ1) is 8.49. The zero-order valence-corrected chi connectivity index (χ0v) is 10.9. The number of hydrogen-bond acceptors (Lipinski definition) is 2. The summed E-state index contributed by atoms with van der Waals surface area (Å²) in [5.74, 6) is -0.825. The van der Waals surface area contributed by atoms with Crippen molar-refractivity contribution in [2.75, 3.05) is 0 Å². The minimum Gasteiger partial charge on any atom is -0.481 e. The molecule has 2 rings (SSSR count). The number of aryl methyl sites for hydroxylation is 2. The van der Waals surface area contributed by atoms with Gasteiger partial charge in [-0.15, -0.1) is 0 Å². The Bertz CT molecular complexity index is 582. The highest BCUT2D eigenvalue weighted by Gasteiger charge is 2.12. The van der Waals surface area contributed by atoms with Crippen molar-refractivity contribution < 1.29 is 9.90 Å². The summed E-state index contributed by atoms with van der Waals surface area (Å²) in [6.07, 6.45) is 1.58. The van der Waals surface area contributed by atoms with E-state index in [-0.39, 0.29) is 6.42 Å². The average molecular weight is 265 g/mol. The summed E-state index contributed by atoms with van der Waals surface area (Å²) in [6, 6.07) is 3.84. The Morgan fingerprint density at radius 1 is 1.39 bits per heavy atom. The summed E-state index contributed by atoms with van der Waals surface area (Å²) in [5.41, 5.74) is 4.41. The van der Waals surface area contributed by atoms with Crippen molar-refractivity contribution in [1.29, 1.82) is 0 Å². The van der Waals surface area contributed by atoms with Gasteiger partial charge in [0.05, 0.1) is 23.3 Å². The molecule has 0 bridgehead atoms. The maximum absolute atomic E-state index is 10.8. The predicted octanol–water partition coefficient (Wildman–Crippen LogP) is 2.97. The van der Waals surface area contributed by atoms with Crippen molar-refractivity contribution in [3.8, 4) is 11.3 Å². The molecule has 0 unspecified atom stereocenters. The minimum atomic E-state index is -0.825. The molecule has 0 saturated heterocycles. The number of carboxylic acids is 1. The van der Waals surface area contributed by atoms with Gasteiger partial charge in [0.25, 0.3) is 0 Å². The maximum atomic E-state index is 10.8. The van der Waals surface area contributed by atoms with Gasteiger partial charge >= 0.3 is 5.97 Å². The zero-order chi connectivity index (χ0) is 13.3. The molecule has 2 N–H and O–H groups in total. The third kappa shape index (κ3) is 2.38. The van der Waals surface area contributed by atoms with E-state index < -0.39 is 5.97 Å². The Kier molecular flexibility index (Phi) is 3.39. The second-order valence-electron chi connectivity index (χ2n) is 4.25. The van der Waals surface area contributed by atoms with Crippen molar-refractivity contribution in [3.05, 3.63) is 40.0 Å². The monoisotopic (exact) mass is 264 g/mol. The first kappa shape index (κ1) is 12.6. The van der Waals surface area contributed by atoms with E-state index in [1.165, 1.54) is 0 Å². The van der Waals surface area contributed by atoms with Crippen LogP contribution < -0.4 is 0 Å². The minimum absolute atomic E-state index is 0.0364. The lowest BCUT2D eigenvalue weighted by Gasteiger charge is -2.10. The smallest absolute Gasteiger partial charge is 0.307 e. The molecular formula is C13H13ClN2O2. The normalized spacial score (nSPS) is 10.6. The first-order valence-corrected chi connectivity index (χ1v) is 5.88. The number of halogens is 1. The summed E-state index contributed by atoms with van der Waals surface area (Å²) in [4.78, 5) is 10.8. The summed E-state index contributed by atoms with van der Waals surface area (Å²) >= 11 is 6.02. The van der Waals surface area contributed by atoms with Gasteiger partial charge in [-0.25, -0.2) is 0 Å². The van der Waals surface area contributed by atoms with Crippen LogP contribution in [-0.2, 0) is 11.2 Å². The largest absolute Gasteiger partial charge is 0.481 e. The van der Waals surface area contributed by atoms with Crippen molar-refractivity contribution in [2.24, 2.45) is 0 Å². The predicted molar refractivity (Wildman–Crippen MR) is 69.8 cm³/mol. The number of benzene rings is 1. The van der Waals surface area contributed by atoms with Crippen molar-refractivity contribution in [2.45, 2.75) is 20.3 Å². The van der Waals surface area contributed by atoms with Gasteiger partial charge in [-0.3, -0.25) is 9.89 Å². The van der Waals surface area contributed by atoms with Crippen molar-refractivity contribution in [1.82, 2.24) is 10.2 Å².